The standard InChI is InChI=1S/C27H36N6O2/c1-18-16-28-27-25(24(18)30-21-12-14-33(2)15-13-21)31-26(32-27)19-8-10-22(11-9-19)35-17-23(34)29-20-6-4-3-5-7-20/h8-11,16,20-21H,3-7,12-15,17H2,1-2H3,(H,29,34)(H2,28,30,31,32). The van der Waals surface area contributed by atoms with E-state index < -0.39 is 0 Å². The molecule has 186 valence electrons. The van der Waals surface area contributed by atoms with Gasteiger partial charge in [-0.05, 0) is 82.6 Å². The summed E-state index contributed by atoms with van der Waals surface area (Å²) in [5.41, 5.74) is 4.80. The highest BCUT2D eigenvalue weighted by molar-refractivity contribution is 5.89. The van der Waals surface area contributed by atoms with Crippen LogP contribution in [-0.4, -0.2) is 64.6 Å². The van der Waals surface area contributed by atoms with Gasteiger partial charge in [-0.1, -0.05) is 19.3 Å². The van der Waals surface area contributed by atoms with Gasteiger partial charge >= 0.3 is 0 Å². The molecule has 1 aromatic carbocycles. The molecule has 1 saturated heterocycles. The van der Waals surface area contributed by atoms with E-state index in [1.807, 2.05) is 30.5 Å². The SMILES string of the molecule is Cc1cnc2nc(-c3ccc(OCC(=O)NC4CCCCC4)cc3)[nH]c2c1NC1CCN(C)CC1. The van der Waals surface area contributed by atoms with Crippen molar-refractivity contribution in [2.45, 2.75) is 64.0 Å². The number of nitrogens with one attached hydrogen (secondary N) is 3. The number of aromatic amines is 1. The van der Waals surface area contributed by atoms with Crippen molar-refractivity contribution >= 4 is 22.8 Å². The van der Waals surface area contributed by atoms with Crippen LogP contribution in [-0.2, 0) is 4.79 Å². The third-order valence-corrected chi connectivity index (χ3v) is 7.24. The number of piperidine rings is 1. The van der Waals surface area contributed by atoms with Crippen LogP contribution < -0.4 is 15.4 Å². The molecule has 0 atom stereocenters. The van der Waals surface area contributed by atoms with E-state index in [-0.39, 0.29) is 12.5 Å². The summed E-state index contributed by atoms with van der Waals surface area (Å²) < 4.78 is 5.72. The zero-order chi connectivity index (χ0) is 24.2. The maximum Gasteiger partial charge on any atom is 0.258 e. The smallest absolute Gasteiger partial charge is 0.258 e. The predicted molar refractivity (Wildman–Crippen MR) is 139 cm³/mol. The summed E-state index contributed by atoms with van der Waals surface area (Å²) in [6.45, 7) is 4.34. The average molecular weight is 477 g/mol. The number of H-pyrrole nitrogens is 1. The second-order valence-corrected chi connectivity index (χ2v) is 10.0. The summed E-state index contributed by atoms with van der Waals surface area (Å²) in [6.07, 6.45) is 9.94. The third-order valence-electron chi connectivity index (χ3n) is 7.24. The normalized spacial score (nSPS) is 18.0. The molecule has 1 aliphatic heterocycles. The molecule has 2 aliphatic rings. The van der Waals surface area contributed by atoms with Crippen LogP contribution in [0.4, 0.5) is 5.69 Å². The number of ether oxygens (including phenoxy) is 1. The van der Waals surface area contributed by atoms with Crippen LogP contribution in [0.15, 0.2) is 30.5 Å². The van der Waals surface area contributed by atoms with E-state index in [1.165, 1.54) is 19.3 Å². The number of likely N-dealkylation sites (tertiary alicyclic amines) is 1. The summed E-state index contributed by atoms with van der Waals surface area (Å²) in [5.74, 6) is 1.39. The van der Waals surface area contributed by atoms with Gasteiger partial charge in [0.05, 0.1) is 5.69 Å². The first-order valence-corrected chi connectivity index (χ1v) is 12.9. The number of hydrogen-bond acceptors (Lipinski definition) is 6. The van der Waals surface area contributed by atoms with E-state index >= 15 is 0 Å². The van der Waals surface area contributed by atoms with Gasteiger partial charge in [0.1, 0.15) is 17.1 Å². The molecule has 1 aliphatic carbocycles. The summed E-state index contributed by atoms with van der Waals surface area (Å²) in [5, 5.41) is 6.84. The molecule has 3 N–H and O–H groups in total. The predicted octanol–water partition coefficient (Wildman–Crippen LogP) is 4.27. The zero-order valence-electron chi connectivity index (χ0n) is 20.8. The van der Waals surface area contributed by atoms with Crippen molar-refractivity contribution in [3.8, 4) is 17.1 Å². The van der Waals surface area contributed by atoms with Crippen molar-refractivity contribution in [1.82, 2.24) is 25.2 Å². The first-order valence-electron chi connectivity index (χ1n) is 12.9. The highest BCUT2D eigenvalue weighted by atomic mass is 16.5. The lowest BCUT2D eigenvalue weighted by molar-refractivity contribution is -0.124. The average Bonchev–Trinajstić information content (AvgIpc) is 3.31. The van der Waals surface area contributed by atoms with Gasteiger partial charge in [-0.3, -0.25) is 4.79 Å². The number of benzene rings is 1. The Morgan fingerprint density at radius 3 is 2.57 bits per heavy atom. The van der Waals surface area contributed by atoms with Crippen molar-refractivity contribution in [2.24, 2.45) is 0 Å². The van der Waals surface area contributed by atoms with Gasteiger partial charge in [-0.2, -0.15) is 0 Å². The van der Waals surface area contributed by atoms with E-state index in [4.69, 9.17) is 9.72 Å². The lowest BCUT2D eigenvalue weighted by Crippen LogP contribution is -2.38. The molecule has 3 heterocycles. The summed E-state index contributed by atoms with van der Waals surface area (Å²) in [4.78, 5) is 27.4. The summed E-state index contributed by atoms with van der Waals surface area (Å²) >= 11 is 0. The fourth-order valence-electron chi connectivity index (χ4n) is 5.11. The topological polar surface area (TPSA) is 95.2 Å². The molecule has 8 heteroatoms. The summed E-state index contributed by atoms with van der Waals surface area (Å²) in [7, 11) is 2.18. The molecule has 0 unspecified atom stereocenters. The second-order valence-electron chi connectivity index (χ2n) is 10.0. The van der Waals surface area contributed by atoms with Crippen LogP contribution in [0.5, 0.6) is 5.75 Å². The van der Waals surface area contributed by atoms with Gasteiger partial charge in [0.25, 0.3) is 5.91 Å². The molecule has 2 fully saturated rings. The molecule has 35 heavy (non-hydrogen) atoms. The molecular formula is C27H36N6O2. The highest BCUT2D eigenvalue weighted by Gasteiger charge is 2.20. The Balaban J connectivity index is 1.24. The van der Waals surface area contributed by atoms with Gasteiger partial charge in [-0.25, -0.2) is 9.97 Å². The number of amides is 1. The molecule has 5 rings (SSSR count). The Hall–Kier alpha value is -3.13. The summed E-state index contributed by atoms with van der Waals surface area (Å²) in [6, 6.07) is 8.44. The van der Waals surface area contributed by atoms with Crippen molar-refractivity contribution in [1.29, 1.82) is 0 Å². The van der Waals surface area contributed by atoms with Gasteiger partial charge in [0, 0.05) is 23.8 Å². The number of imidazole rings is 1. The number of carbonyl (C=O) groups excluding carboxylic acids is 1. The maximum atomic E-state index is 12.2. The van der Waals surface area contributed by atoms with Gasteiger partial charge in [0.2, 0.25) is 0 Å². The number of aromatic nitrogens is 3. The minimum atomic E-state index is -0.0515. The highest BCUT2D eigenvalue weighted by Crippen LogP contribution is 2.29. The first-order chi connectivity index (χ1) is 17.0. The number of rotatable bonds is 7. The van der Waals surface area contributed by atoms with Crippen LogP contribution in [0.3, 0.4) is 0 Å². The first kappa shape index (κ1) is 23.6. The van der Waals surface area contributed by atoms with Gasteiger partial charge < -0.3 is 25.3 Å². The second kappa shape index (κ2) is 10.6. The molecule has 8 nitrogen and oxygen atoms in total. The lowest BCUT2D eigenvalue weighted by atomic mass is 9.95. The molecule has 0 radical (unpaired) electrons. The minimum absolute atomic E-state index is 0.0374. The Morgan fingerprint density at radius 1 is 1.09 bits per heavy atom. The van der Waals surface area contributed by atoms with E-state index in [1.54, 1.807) is 0 Å². The molecule has 1 saturated carbocycles. The number of nitrogens with zero attached hydrogens (tertiary/aromatic N) is 3. The maximum absolute atomic E-state index is 12.2. The number of carbonyl (C=O) groups is 1. The van der Waals surface area contributed by atoms with Crippen LogP contribution >= 0.6 is 0 Å². The minimum Gasteiger partial charge on any atom is -0.484 e. The zero-order valence-corrected chi connectivity index (χ0v) is 20.8. The number of pyridine rings is 1. The Labute approximate surface area is 206 Å². The molecule has 2 aromatic heterocycles. The molecule has 0 spiro atoms. The quantitative estimate of drug-likeness (QED) is 0.472. The molecule has 3 aromatic rings. The van der Waals surface area contributed by atoms with E-state index in [2.05, 4.69) is 39.5 Å². The van der Waals surface area contributed by atoms with Crippen molar-refractivity contribution in [2.75, 3.05) is 32.1 Å². The third kappa shape index (κ3) is 5.75. The van der Waals surface area contributed by atoms with Crippen LogP contribution in [0, 0.1) is 6.92 Å². The van der Waals surface area contributed by atoms with E-state index in [9.17, 15) is 4.79 Å². The van der Waals surface area contributed by atoms with Crippen molar-refractivity contribution in [3.63, 3.8) is 0 Å². The molecule has 0 bridgehead atoms. The van der Waals surface area contributed by atoms with Crippen molar-refractivity contribution < 1.29 is 9.53 Å². The van der Waals surface area contributed by atoms with E-state index in [0.29, 0.717) is 23.5 Å². The lowest BCUT2D eigenvalue weighted by Gasteiger charge is -2.30. The molecular weight excluding hydrogens is 440 g/mol. The van der Waals surface area contributed by atoms with Gasteiger partial charge in [-0.15, -0.1) is 0 Å². The Bertz CT molecular complexity index is 1140. The largest absolute Gasteiger partial charge is 0.484 e. The monoisotopic (exact) mass is 476 g/mol. The van der Waals surface area contributed by atoms with Gasteiger partial charge in [0.15, 0.2) is 12.3 Å². The number of aryl methyl sites for hydroxylation is 1. The Morgan fingerprint density at radius 2 is 1.83 bits per heavy atom. The number of hydrogen-bond donors (Lipinski definition) is 3. The Kier molecular flexibility index (Phi) is 7.18. The fourth-order valence-corrected chi connectivity index (χ4v) is 5.11. The van der Waals surface area contributed by atoms with E-state index in [0.717, 1.165) is 66.9 Å². The molecule has 1 amide bonds. The van der Waals surface area contributed by atoms with Crippen LogP contribution in [0.1, 0.15) is 50.5 Å². The van der Waals surface area contributed by atoms with Crippen molar-refractivity contribution in [3.05, 3.63) is 36.0 Å². The fraction of sp³-hybridized carbons (Fsp3) is 0.519. The number of anilines is 1. The number of fused-ring (bicyclic) bond motifs is 1. The van der Waals surface area contributed by atoms with Crippen LogP contribution in [0.25, 0.3) is 22.6 Å². The van der Waals surface area contributed by atoms with Crippen LogP contribution in [0.2, 0.25) is 0 Å².